The van der Waals surface area contributed by atoms with Crippen molar-refractivity contribution in [3.05, 3.63) is 28.6 Å². The topological polar surface area (TPSA) is 77.8 Å². The Morgan fingerprint density at radius 2 is 2.29 bits per heavy atom. The molecular formula is C9H9N3O2. The van der Waals surface area contributed by atoms with Crippen LogP contribution in [0.3, 0.4) is 0 Å². The Balaban J connectivity index is 2.58. The Morgan fingerprint density at radius 1 is 1.50 bits per heavy atom. The highest BCUT2D eigenvalue weighted by atomic mass is 16.1. The summed E-state index contributed by atoms with van der Waals surface area (Å²) in [7, 11) is 0. The van der Waals surface area contributed by atoms with Gasteiger partial charge in [0.05, 0.1) is 5.39 Å². The quantitative estimate of drug-likeness (QED) is 0.623. The van der Waals surface area contributed by atoms with Crippen LogP contribution in [0.1, 0.15) is 6.92 Å². The van der Waals surface area contributed by atoms with Gasteiger partial charge in [-0.15, -0.1) is 0 Å². The molecule has 0 aromatic carbocycles. The molecular weight excluding hydrogens is 182 g/mol. The molecule has 0 aliphatic rings. The minimum absolute atomic E-state index is 0.122. The second-order valence-corrected chi connectivity index (χ2v) is 2.99. The molecule has 72 valence electrons. The van der Waals surface area contributed by atoms with Gasteiger partial charge in [-0.1, -0.05) is 0 Å². The maximum atomic E-state index is 11.5. The van der Waals surface area contributed by atoms with Crippen molar-refractivity contribution in [1.82, 2.24) is 9.97 Å². The number of anilines is 1. The zero-order chi connectivity index (χ0) is 10.1. The molecule has 2 aromatic rings. The molecule has 2 heterocycles. The van der Waals surface area contributed by atoms with E-state index in [-0.39, 0.29) is 11.3 Å². The smallest absolute Gasteiger partial charge is 0.222 e. The minimum atomic E-state index is -0.216. The first-order valence-corrected chi connectivity index (χ1v) is 4.15. The number of nitrogens with one attached hydrogen (secondary N) is 3. The van der Waals surface area contributed by atoms with Crippen LogP contribution in [0.25, 0.3) is 11.0 Å². The Hall–Kier alpha value is -2.04. The Bertz CT molecular complexity index is 538. The van der Waals surface area contributed by atoms with E-state index in [1.165, 1.54) is 13.0 Å². The zero-order valence-corrected chi connectivity index (χ0v) is 7.55. The summed E-state index contributed by atoms with van der Waals surface area (Å²) >= 11 is 0. The lowest BCUT2D eigenvalue weighted by Crippen LogP contribution is -2.11. The van der Waals surface area contributed by atoms with Gasteiger partial charge in [0.15, 0.2) is 5.43 Å². The van der Waals surface area contributed by atoms with E-state index in [1.54, 1.807) is 12.3 Å². The van der Waals surface area contributed by atoms with E-state index >= 15 is 0 Å². The first kappa shape index (κ1) is 8.55. The van der Waals surface area contributed by atoms with Gasteiger partial charge in [0.1, 0.15) is 11.5 Å². The number of aromatic amines is 2. The van der Waals surface area contributed by atoms with Gasteiger partial charge in [0.25, 0.3) is 0 Å². The van der Waals surface area contributed by atoms with Gasteiger partial charge in [0, 0.05) is 19.2 Å². The number of rotatable bonds is 1. The van der Waals surface area contributed by atoms with Gasteiger partial charge < -0.3 is 15.3 Å². The number of pyridine rings is 1. The van der Waals surface area contributed by atoms with Crippen LogP contribution in [0.5, 0.6) is 0 Å². The molecule has 0 aliphatic carbocycles. The number of carbonyl (C=O) groups excluding carboxylic acids is 1. The Kier molecular flexibility index (Phi) is 1.85. The predicted octanol–water partition coefficient (Wildman–Crippen LogP) is 0.815. The molecule has 0 atom stereocenters. The molecule has 0 spiro atoms. The van der Waals surface area contributed by atoms with Crippen molar-refractivity contribution < 1.29 is 4.79 Å². The van der Waals surface area contributed by atoms with E-state index in [2.05, 4.69) is 15.3 Å². The lowest BCUT2D eigenvalue weighted by molar-refractivity contribution is -0.114. The summed E-state index contributed by atoms with van der Waals surface area (Å²) in [4.78, 5) is 28.0. The van der Waals surface area contributed by atoms with E-state index in [9.17, 15) is 9.59 Å². The third-order valence-electron chi connectivity index (χ3n) is 1.86. The summed E-state index contributed by atoms with van der Waals surface area (Å²) in [6, 6.07) is 3.04. The van der Waals surface area contributed by atoms with E-state index in [1.807, 2.05) is 0 Å². The Labute approximate surface area is 79.1 Å². The molecule has 3 N–H and O–H groups in total. The standard InChI is InChI=1S/C9H9N3O2/c1-5(13)11-8-4-7(14)6-2-3-10-9(6)12-8/h2-4H,1H3,(H3,10,11,12,13,14). The molecule has 2 rings (SSSR count). The predicted molar refractivity (Wildman–Crippen MR) is 53.2 cm³/mol. The largest absolute Gasteiger partial charge is 0.348 e. The molecule has 5 heteroatoms. The Morgan fingerprint density at radius 3 is 3.00 bits per heavy atom. The fourth-order valence-electron chi connectivity index (χ4n) is 1.31. The fourth-order valence-corrected chi connectivity index (χ4v) is 1.31. The number of hydrogen-bond donors (Lipinski definition) is 3. The van der Waals surface area contributed by atoms with Crippen LogP contribution < -0.4 is 10.7 Å². The number of aromatic nitrogens is 2. The van der Waals surface area contributed by atoms with Crippen molar-refractivity contribution in [2.24, 2.45) is 0 Å². The number of hydrogen-bond acceptors (Lipinski definition) is 2. The highest BCUT2D eigenvalue weighted by Crippen LogP contribution is 2.07. The summed E-state index contributed by atoms with van der Waals surface area (Å²) in [5.41, 5.74) is 0.491. The van der Waals surface area contributed by atoms with Gasteiger partial charge in [-0.25, -0.2) is 0 Å². The van der Waals surface area contributed by atoms with E-state index < -0.39 is 0 Å². The van der Waals surface area contributed by atoms with Crippen molar-refractivity contribution in [3.63, 3.8) is 0 Å². The summed E-state index contributed by atoms with van der Waals surface area (Å²) in [5, 5.41) is 3.10. The second kappa shape index (κ2) is 3.02. The van der Waals surface area contributed by atoms with Crippen LogP contribution >= 0.6 is 0 Å². The molecule has 2 aromatic heterocycles. The summed E-state index contributed by atoms with van der Waals surface area (Å²) < 4.78 is 0. The third kappa shape index (κ3) is 1.39. The van der Waals surface area contributed by atoms with Crippen LogP contribution in [-0.4, -0.2) is 15.9 Å². The molecule has 14 heavy (non-hydrogen) atoms. The molecule has 0 saturated heterocycles. The lowest BCUT2D eigenvalue weighted by Gasteiger charge is -2.01. The summed E-state index contributed by atoms with van der Waals surface area (Å²) in [6.45, 7) is 1.39. The van der Waals surface area contributed by atoms with Crippen molar-refractivity contribution in [2.75, 3.05) is 5.32 Å². The monoisotopic (exact) mass is 191 g/mol. The molecule has 0 aliphatic heterocycles. The van der Waals surface area contributed by atoms with Crippen molar-refractivity contribution in [3.8, 4) is 0 Å². The summed E-state index contributed by atoms with van der Waals surface area (Å²) in [5.74, 6) is 0.184. The van der Waals surface area contributed by atoms with Gasteiger partial charge in [-0.2, -0.15) is 0 Å². The van der Waals surface area contributed by atoms with Gasteiger partial charge in [0.2, 0.25) is 5.91 Å². The first-order valence-electron chi connectivity index (χ1n) is 4.15. The molecule has 5 nitrogen and oxygen atoms in total. The maximum Gasteiger partial charge on any atom is 0.222 e. The minimum Gasteiger partial charge on any atom is -0.348 e. The van der Waals surface area contributed by atoms with E-state index in [4.69, 9.17) is 0 Å². The maximum absolute atomic E-state index is 11.5. The van der Waals surface area contributed by atoms with Crippen LogP contribution in [0.4, 0.5) is 5.82 Å². The number of fused-ring (bicyclic) bond motifs is 1. The fraction of sp³-hybridized carbons (Fsp3) is 0.111. The van der Waals surface area contributed by atoms with Crippen molar-refractivity contribution in [1.29, 1.82) is 0 Å². The number of H-pyrrole nitrogens is 2. The van der Waals surface area contributed by atoms with Crippen molar-refractivity contribution >= 4 is 22.8 Å². The SMILES string of the molecule is CC(=O)Nc1cc(=O)c2cc[nH]c2[nH]1. The van der Waals surface area contributed by atoms with E-state index in [0.717, 1.165) is 0 Å². The number of carbonyl (C=O) groups is 1. The highest BCUT2D eigenvalue weighted by Gasteiger charge is 2.02. The molecule has 0 radical (unpaired) electrons. The average Bonchev–Trinajstić information content (AvgIpc) is 2.50. The van der Waals surface area contributed by atoms with E-state index in [0.29, 0.717) is 16.9 Å². The molecule has 0 saturated carbocycles. The van der Waals surface area contributed by atoms with Gasteiger partial charge >= 0.3 is 0 Å². The molecule has 1 amide bonds. The van der Waals surface area contributed by atoms with Crippen LogP contribution in [-0.2, 0) is 4.79 Å². The average molecular weight is 191 g/mol. The lowest BCUT2D eigenvalue weighted by atomic mass is 10.3. The normalized spacial score (nSPS) is 10.4. The van der Waals surface area contributed by atoms with Gasteiger partial charge in [-0.3, -0.25) is 9.59 Å². The second-order valence-electron chi connectivity index (χ2n) is 2.99. The van der Waals surface area contributed by atoms with Gasteiger partial charge in [-0.05, 0) is 6.07 Å². The number of amides is 1. The summed E-state index contributed by atoms with van der Waals surface area (Å²) in [6.07, 6.45) is 1.67. The molecule has 0 unspecified atom stereocenters. The zero-order valence-electron chi connectivity index (χ0n) is 7.55. The third-order valence-corrected chi connectivity index (χ3v) is 1.86. The van der Waals surface area contributed by atoms with Crippen LogP contribution in [0.2, 0.25) is 0 Å². The molecule has 0 fully saturated rings. The van der Waals surface area contributed by atoms with Crippen LogP contribution in [0, 0.1) is 0 Å². The van der Waals surface area contributed by atoms with Crippen molar-refractivity contribution in [2.45, 2.75) is 6.92 Å². The highest BCUT2D eigenvalue weighted by molar-refractivity contribution is 5.89. The first-order chi connectivity index (χ1) is 6.66. The molecule has 0 bridgehead atoms. The van der Waals surface area contributed by atoms with Crippen LogP contribution in [0.15, 0.2) is 23.1 Å².